The number of hydrogen-bond donors (Lipinski definition) is 3. The second kappa shape index (κ2) is 6.55. The Kier molecular flexibility index (Phi) is 4.44. The highest BCUT2D eigenvalue weighted by Crippen LogP contribution is 2.21. The lowest BCUT2D eigenvalue weighted by molar-refractivity contribution is 0.102. The van der Waals surface area contributed by atoms with Crippen LogP contribution in [0.5, 0.6) is 0 Å². The largest absolute Gasteiger partial charge is 0.320 e. The second-order valence-electron chi connectivity index (χ2n) is 4.86. The number of H-pyrrole nitrogens is 1. The zero-order chi connectivity index (χ0) is 18.0. The fraction of sp³-hybridized carbons (Fsp3) is 0. The van der Waals surface area contributed by atoms with Crippen molar-refractivity contribution in [2.75, 3.05) is 5.32 Å². The van der Waals surface area contributed by atoms with Gasteiger partial charge in [-0.3, -0.25) is 9.35 Å². The van der Waals surface area contributed by atoms with Crippen molar-refractivity contribution in [2.24, 2.45) is 0 Å². The van der Waals surface area contributed by atoms with Crippen LogP contribution in [0.4, 0.5) is 5.69 Å². The van der Waals surface area contributed by atoms with Gasteiger partial charge in [-0.25, -0.2) is 5.10 Å². The molecule has 0 fully saturated rings. The van der Waals surface area contributed by atoms with Crippen LogP contribution in [0.3, 0.4) is 0 Å². The lowest BCUT2D eigenvalue weighted by Crippen LogP contribution is -2.17. The van der Waals surface area contributed by atoms with Crippen molar-refractivity contribution in [1.82, 2.24) is 20.2 Å². The average molecular weight is 377 g/mol. The van der Waals surface area contributed by atoms with Crippen molar-refractivity contribution in [3.05, 3.63) is 58.9 Å². The molecule has 1 amide bonds. The first-order chi connectivity index (χ1) is 11.9. The molecule has 1 aromatic heterocycles. The van der Waals surface area contributed by atoms with E-state index in [1.165, 1.54) is 23.0 Å². The molecule has 1 heterocycles. The summed E-state index contributed by atoms with van der Waals surface area (Å²) in [6.07, 6.45) is 0. The fourth-order valence-electron chi connectivity index (χ4n) is 2.16. The predicted molar refractivity (Wildman–Crippen MR) is 90.8 cm³/mol. The van der Waals surface area contributed by atoms with Gasteiger partial charge in [-0.1, -0.05) is 29.4 Å². The quantitative estimate of drug-likeness (QED) is 0.467. The molecule has 3 N–H and O–H groups in total. The number of nitrogens with zero attached hydrogens (tertiary/aromatic N) is 3. The molecule has 0 aliphatic rings. The van der Waals surface area contributed by atoms with E-state index in [0.717, 1.165) is 6.07 Å². The highest BCUT2D eigenvalue weighted by atomic mass is 32.2. The van der Waals surface area contributed by atoms with Crippen LogP contribution in [0, 0.1) is 4.77 Å². The van der Waals surface area contributed by atoms with Crippen molar-refractivity contribution < 1.29 is 17.8 Å². The van der Waals surface area contributed by atoms with Gasteiger partial charge in [-0.05, 0) is 41.7 Å². The Morgan fingerprint density at radius 1 is 1.16 bits per heavy atom. The Morgan fingerprint density at radius 2 is 1.84 bits per heavy atom. The Hall–Kier alpha value is -2.89. The number of anilines is 1. The zero-order valence-electron chi connectivity index (χ0n) is 12.4. The summed E-state index contributed by atoms with van der Waals surface area (Å²) < 4.78 is 32.3. The van der Waals surface area contributed by atoms with E-state index < -0.39 is 20.9 Å². The van der Waals surface area contributed by atoms with Crippen LogP contribution in [0.1, 0.15) is 10.4 Å². The lowest BCUT2D eigenvalue weighted by atomic mass is 10.2. The number of nitrogens with one attached hydrogen (secondary N) is 2. The molecule has 0 spiro atoms. The highest BCUT2D eigenvalue weighted by Gasteiger charge is 2.20. The number of aromatic nitrogens is 4. The van der Waals surface area contributed by atoms with E-state index in [0.29, 0.717) is 11.4 Å². The van der Waals surface area contributed by atoms with Gasteiger partial charge >= 0.3 is 0 Å². The van der Waals surface area contributed by atoms with Crippen LogP contribution < -0.4 is 5.32 Å². The monoisotopic (exact) mass is 377 g/mol. The van der Waals surface area contributed by atoms with Crippen LogP contribution in [-0.4, -0.2) is 39.1 Å². The number of benzene rings is 2. The first-order valence-corrected chi connectivity index (χ1v) is 8.70. The third-order valence-electron chi connectivity index (χ3n) is 3.22. The molecular weight excluding hydrogens is 366 g/mol. The zero-order valence-corrected chi connectivity index (χ0v) is 14.1. The SMILES string of the molecule is O=C(Nc1ccccc1-n1nnc(=S)[nH]1)c1ccccc1S(=O)(=O)O. The molecule has 0 aliphatic carbocycles. The average Bonchev–Trinajstić information content (AvgIpc) is 3.01. The maximum atomic E-state index is 12.5. The summed E-state index contributed by atoms with van der Waals surface area (Å²) in [6, 6.07) is 12.0. The van der Waals surface area contributed by atoms with Gasteiger partial charge in [-0.15, -0.1) is 0 Å². The maximum absolute atomic E-state index is 12.5. The third-order valence-corrected chi connectivity index (χ3v) is 4.30. The molecule has 11 heteroatoms. The number of carbonyl (C=O) groups excluding carboxylic acids is 1. The van der Waals surface area contributed by atoms with E-state index >= 15 is 0 Å². The molecule has 3 aromatic rings. The normalized spacial score (nSPS) is 11.2. The number of amides is 1. The first-order valence-electron chi connectivity index (χ1n) is 6.85. The fourth-order valence-corrected chi connectivity index (χ4v) is 2.97. The lowest BCUT2D eigenvalue weighted by Gasteiger charge is -2.11. The maximum Gasteiger partial charge on any atom is 0.295 e. The van der Waals surface area contributed by atoms with Crippen molar-refractivity contribution in [3.8, 4) is 5.69 Å². The molecular formula is C14H11N5O4S2. The topological polar surface area (TPSA) is 130 Å². The minimum absolute atomic E-state index is 0.165. The van der Waals surface area contributed by atoms with Crippen LogP contribution in [0.2, 0.25) is 0 Å². The number of rotatable bonds is 4. The summed E-state index contributed by atoms with van der Waals surface area (Å²) in [4.78, 5) is 13.3. The molecule has 0 saturated carbocycles. The van der Waals surface area contributed by atoms with Gasteiger partial charge in [-0.2, -0.15) is 13.2 Å². The Bertz CT molecular complexity index is 1100. The van der Waals surface area contributed by atoms with Crippen LogP contribution in [0.25, 0.3) is 5.69 Å². The summed E-state index contributed by atoms with van der Waals surface area (Å²) in [6.45, 7) is 0. The van der Waals surface area contributed by atoms with E-state index in [-0.39, 0.29) is 10.3 Å². The highest BCUT2D eigenvalue weighted by molar-refractivity contribution is 7.86. The minimum atomic E-state index is -4.54. The Balaban J connectivity index is 2.00. The van der Waals surface area contributed by atoms with Crippen molar-refractivity contribution in [1.29, 1.82) is 0 Å². The Morgan fingerprint density at radius 3 is 2.52 bits per heavy atom. The van der Waals surface area contributed by atoms with Gasteiger partial charge in [0.15, 0.2) is 0 Å². The predicted octanol–water partition coefficient (Wildman–Crippen LogP) is 1.82. The number of carbonyl (C=O) groups is 1. The van der Waals surface area contributed by atoms with Gasteiger partial charge in [0, 0.05) is 0 Å². The van der Waals surface area contributed by atoms with Crippen LogP contribution >= 0.6 is 12.2 Å². The second-order valence-corrected chi connectivity index (χ2v) is 6.64. The molecule has 0 bridgehead atoms. The van der Waals surface area contributed by atoms with Crippen molar-refractivity contribution in [2.45, 2.75) is 4.90 Å². The molecule has 25 heavy (non-hydrogen) atoms. The minimum Gasteiger partial charge on any atom is -0.320 e. The standard InChI is InChI=1S/C14H11N5O4S2/c20-13(9-5-1-4-8-12(9)25(21,22)23)15-10-6-2-3-7-11(10)19-17-14(24)16-18-19/h1-8H,(H,15,20)(H,17,24)(H,21,22,23). The van der Waals surface area contributed by atoms with E-state index in [9.17, 15) is 17.8 Å². The van der Waals surface area contributed by atoms with Gasteiger partial charge < -0.3 is 5.32 Å². The number of para-hydroxylation sites is 2. The van der Waals surface area contributed by atoms with Gasteiger partial charge in [0.05, 0.1) is 11.3 Å². The number of tetrazole rings is 1. The summed E-state index contributed by atoms with van der Waals surface area (Å²) in [7, 11) is -4.54. The van der Waals surface area contributed by atoms with Gasteiger partial charge in [0.1, 0.15) is 10.6 Å². The smallest absolute Gasteiger partial charge is 0.295 e. The summed E-state index contributed by atoms with van der Waals surface area (Å²) >= 11 is 4.87. The van der Waals surface area contributed by atoms with Crippen LogP contribution in [-0.2, 0) is 10.1 Å². The molecule has 3 rings (SSSR count). The molecule has 128 valence electrons. The molecule has 0 unspecified atom stereocenters. The molecule has 0 saturated heterocycles. The first kappa shape index (κ1) is 17.0. The summed E-state index contributed by atoms with van der Waals surface area (Å²) in [5.41, 5.74) is 0.601. The number of hydrogen-bond acceptors (Lipinski definition) is 6. The van der Waals surface area contributed by atoms with Crippen molar-refractivity contribution >= 4 is 33.9 Å². The molecule has 9 nitrogen and oxygen atoms in total. The number of aromatic amines is 1. The van der Waals surface area contributed by atoms with E-state index in [1.54, 1.807) is 24.3 Å². The molecule has 2 aromatic carbocycles. The summed E-state index contributed by atoms with van der Waals surface area (Å²) in [5, 5.41) is 12.8. The van der Waals surface area contributed by atoms with Crippen molar-refractivity contribution in [3.63, 3.8) is 0 Å². The van der Waals surface area contributed by atoms with E-state index in [2.05, 4.69) is 20.7 Å². The van der Waals surface area contributed by atoms with E-state index in [1.807, 2.05) is 0 Å². The van der Waals surface area contributed by atoms with E-state index in [4.69, 9.17) is 12.2 Å². The molecule has 0 radical (unpaired) electrons. The van der Waals surface area contributed by atoms with Crippen LogP contribution in [0.15, 0.2) is 53.4 Å². The molecule has 0 atom stereocenters. The summed E-state index contributed by atoms with van der Waals surface area (Å²) in [5.74, 6) is -0.709. The van der Waals surface area contributed by atoms with Gasteiger partial charge in [0.25, 0.3) is 16.0 Å². The third kappa shape index (κ3) is 3.63. The molecule has 0 aliphatic heterocycles. The Labute approximate surface area is 147 Å². The van der Waals surface area contributed by atoms with Gasteiger partial charge in [0.2, 0.25) is 4.77 Å².